The molecule has 0 bridgehead atoms. The van der Waals surface area contributed by atoms with E-state index in [2.05, 4.69) is 71.5 Å². The molecule has 1 N–H and O–H groups in total. The van der Waals surface area contributed by atoms with Crippen LogP contribution in [-0.2, 0) is 24.3 Å². The van der Waals surface area contributed by atoms with Gasteiger partial charge in [0.15, 0.2) is 0 Å². The lowest BCUT2D eigenvalue weighted by Gasteiger charge is -2.08. The van der Waals surface area contributed by atoms with Gasteiger partial charge in [0.2, 0.25) is 5.91 Å². The fraction of sp³-hybridized carbons (Fsp3) is 0.222. The number of aryl methyl sites for hydroxylation is 2. The SMILES string of the molecule is Cc1ccccc1Cn1cc(CCCC(=O)NCc2ccccc2F)c2ccccc21. The first-order valence-corrected chi connectivity index (χ1v) is 10.7. The quantitative estimate of drug-likeness (QED) is 0.390. The van der Waals surface area contributed by atoms with Gasteiger partial charge in [0, 0.05) is 42.2 Å². The second kappa shape index (κ2) is 9.61. The molecule has 0 spiro atoms. The van der Waals surface area contributed by atoms with E-state index >= 15 is 0 Å². The van der Waals surface area contributed by atoms with Gasteiger partial charge in [-0.15, -0.1) is 0 Å². The van der Waals surface area contributed by atoms with E-state index in [0.29, 0.717) is 12.0 Å². The minimum atomic E-state index is -0.288. The number of nitrogens with one attached hydrogen (secondary N) is 1. The van der Waals surface area contributed by atoms with Crippen LogP contribution in [0.1, 0.15) is 35.1 Å². The van der Waals surface area contributed by atoms with Gasteiger partial charge in [-0.25, -0.2) is 4.39 Å². The van der Waals surface area contributed by atoms with Crippen LogP contribution in [0.25, 0.3) is 10.9 Å². The number of hydrogen-bond acceptors (Lipinski definition) is 1. The number of benzene rings is 3. The molecular formula is C27H27FN2O. The molecule has 31 heavy (non-hydrogen) atoms. The van der Waals surface area contributed by atoms with Crippen LogP contribution in [0.4, 0.5) is 4.39 Å². The van der Waals surface area contributed by atoms with Crippen LogP contribution >= 0.6 is 0 Å². The lowest BCUT2D eigenvalue weighted by Crippen LogP contribution is -2.23. The van der Waals surface area contributed by atoms with Crippen molar-refractivity contribution in [1.82, 2.24) is 9.88 Å². The third kappa shape index (κ3) is 5.02. The first-order chi connectivity index (χ1) is 15.1. The van der Waals surface area contributed by atoms with Crippen LogP contribution < -0.4 is 5.32 Å². The summed E-state index contributed by atoms with van der Waals surface area (Å²) in [6, 6.07) is 23.4. The van der Waals surface area contributed by atoms with E-state index < -0.39 is 0 Å². The van der Waals surface area contributed by atoms with Gasteiger partial charge in [-0.3, -0.25) is 4.79 Å². The average molecular weight is 415 g/mol. The highest BCUT2D eigenvalue weighted by molar-refractivity contribution is 5.84. The molecule has 4 rings (SSSR count). The Labute approximate surface area is 182 Å². The van der Waals surface area contributed by atoms with E-state index in [0.717, 1.165) is 19.4 Å². The number of nitrogens with zero attached hydrogens (tertiary/aromatic N) is 1. The third-order valence-corrected chi connectivity index (χ3v) is 5.76. The van der Waals surface area contributed by atoms with Crippen molar-refractivity contribution in [3.8, 4) is 0 Å². The Morgan fingerprint density at radius 2 is 1.61 bits per heavy atom. The number of fused-ring (bicyclic) bond motifs is 1. The van der Waals surface area contributed by atoms with Gasteiger partial charge in [0.05, 0.1) is 0 Å². The fourth-order valence-electron chi connectivity index (χ4n) is 3.99. The summed E-state index contributed by atoms with van der Waals surface area (Å²) in [6.45, 7) is 3.19. The minimum absolute atomic E-state index is 0.0492. The minimum Gasteiger partial charge on any atom is -0.352 e. The molecule has 0 aliphatic heterocycles. The zero-order valence-electron chi connectivity index (χ0n) is 17.8. The van der Waals surface area contributed by atoms with Gasteiger partial charge >= 0.3 is 0 Å². The highest BCUT2D eigenvalue weighted by atomic mass is 19.1. The van der Waals surface area contributed by atoms with Gasteiger partial charge in [0.1, 0.15) is 5.82 Å². The van der Waals surface area contributed by atoms with E-state index in [1.807, 2.05) is 0 Å². The predicted octanol–water partition coefficient (Wildman–Crippen LogP) is 5.78. The van der Waals surface area contributed by atoms with Crippen molar-refractivity contribution in [2.75, 3.05) is 0 Å². The standard InChI is InChI=1S/C27H27FN2O/c1-20-9-2-3-11-22(20)18-30-19-23(24-13-5-7-15-26(24)30)12-8-16-27(31)29-17-21-10-4-6-14-25(21)28/h2-7,9-11,13-15,19H,8,12,16-18H2,1H3,(H,29,31). The van der Waals surface area contributed by atoms with Crippen LogP contribution in [0.2, 0.25) is 0 Å². The molecule has 158 valence electrons. The van der Waals surface area contributed by atoms with Crippen molar-refractivity contribution in [3.63, 3.8) is 0 Å². The molecule has 0 unspecified atom stereocenters. The molecule has 0 aliphatic carbocycles. The molecule has 4 aromatic rings. The zero-order chi connectivity index (χ0) is 21.6. The largest absolute Gasteiger partial charge is 0.352 e. The summed E-state index contributed by atoms with van der Waals surface area (Å²) < 4.78 is 16.0. The summed E-state index contributed by atoms with van der Waals surface area (Å²) in [5, 5.41) is 4.06. The molecule has 0 saturated carbocycles. The van der Waals surface area contributed by atoms with E-state index in [1.54, 1.807) is 18.2 Å². The van der Waals surface area contributed by atoms with E-state index in [9.17, 15) is 9.18 Å². The summed E-state index contributed by atoms with van der Waals surface area (Å²) in [4.78, 5) is 12.2. The molecule has 1 amide bonds. The van der Waals surface area contributed by atoms with E-state index in [4.69, 9.17) is 0 Å². The Morgan fingerprint density at radius 3 is 2.42 bits per heavy atom. The average Bonchev–Trinajstić information content (AvgIpc) is 3.12. The van der Waals surface area contributed by atoms with Crippen molar-refractivity contribution in [2.45, 2.75) is 39.3 Å². The monoisotopic (exact) mass is 414 g/mol. The molecule has 0 aliphatic rings. The number of halogens is 1. The van der Waals surface area contributed by atoms with Gasteiger partial charge in [-0.1, -0.05) is 60.7 Å². The molecule has 1 aromatic heterocycles. The Morgan fingerprint density at radius 1 is 0.903 bits per heavy atom. The Kier molecular flexibility index (Phi) is 6.46. The summed E-state index contributed by atoms with van der Waals surface area (Å²) in [5.74, 6) is -0.337. The number of amides is 1. The van der Waals surface area contributed by atoms with Crippen molar-refractivity contribution >= 4 is 16.8 Å². The van der Waals surface area contributed by atoms with Crippen LogP contribution in [0.15, 0.2) is 79.0 Å². The smallest absolute Gasteiger partial charge is 0.220 e. The fourth-order valence-corrected chi connectivity index (χ4v) is 3.99. The van der Waals surface area contributed by atoms with Gasteiger partial charge in [0.25, 0.3) is 0 Å². The molecular weight excluding hydrogens is 387 g/mol. The third-order valence-electron chi connectivity index (χ3n) is 5.76. The Bertz CT molecular complexity index is 1190. The van der Waals surface area contributed by atoms with Crippen molar-refractivity contribution in [1.29, 1.82) is 0 Å². The summed E-state index contributed by atoms with van der Waals surface area (Å²) in [5.41, 5.74) is 5.57. The van der Waals surface area contributed by atoms with Crippen LogP contribution in [0, 0.1) is 12.7 Å². The molecule has 0 atom stereocenters. The number of para-hydroxylation sites is 1. The zero-order valence-corrected chi connectivity index (χ0v) is 17.8. The highest BCUT2D eigenvalue weighted by Crippen LogP contribution is 2.24. The molecule has 0 fully saturated rings. The van der Waals surface area contributed by atoms with Crippen molar-refractivity contribution < 1.29 is 9.18 Å². The maximum atomic E-state index is 13.7. The van der Waals surface area contributed by atoms with E-state index in [1.165, 1.54) is 33.7 Å². The summed E-state index contributed by atoms with van der Waals surface area (Å²) >= 11 is 0. The van der Waals surface area contributed by atoms with Crippen LogP contribution in [0.5, 0.6) is 0 Å². The Balaban J connectivity index is 1.39. The molecule has 3 aromatic carbocycles. The normalized spacial score (nSPS) is 11.0. The Hall–Kier alpha value is -3.40. The summed E-state index contributed by atoms with van der Waals surface area (Å²) in [7, 11) is 0. The molecule has 0 saturated heterocycles. The second-order valence-corrected chi connectivity index (χ2v) is 7.95. The molecule has 4 heteroatoms. The molecule has 0 radical (unpaired) electrons. The first kappa shape index (κ1) is 20.9. The van der Waals surface area contributed by atoms with E-state index in [-0.39, 0.29) is 18.3 Å². The van der Waals surface area contributed by atoms with Gasteiger partial charge in [-0.2, -0.15) is 0 Å². The summed E-state index contributed by atoms with van der Waals surface area (Å²) in [6.07, 6.45) is 4.22. The lowest BCUT2D eigenvalue weighted by atomic mass is 10.1. The van der Waals surface area contributed by atoms with Crippen molar-refractivity contribution in [2.24, 2.45) is 0 Å². The highest BCUT2D eigenvalue weighted by Gasteiger charge is 2.11. The molecule has 1 heterocycles. The number of aromatic nitrogens is 1. The first-order valence-electron chi connectivity index (χ1n) is 10.7. The van der Waals surface area contributed by atoms with Gasteiger partial charge < -0.3 is 9.88 Å². The maximum Gasteiger partial charge on any atom is 0.220 e. The number of hydrogen-bond donors (Lipinski definition) is 1. The maximum absolute atomic E-state index is 13.7. The van der Waals surface area contributed by atoms with Crippen LogP contribution in [0.3, 0.4) is 0 Å². The topological polar surface area (TPSA) is 34.0 Å². The number of carbonyl (C=O) groups excluding carboxylic acids is 1. The number of rotatable bonds is 8. The molecule has 3 nitrogen and oxygen atoms in total. The predicted molar refractivity (Wildman–Crippen MR) is 123 cm³/mol. The van der Waals surface area contributed by atoms with Crippen molar-refractivity contribution in [3.05, 3.63) is 107 Å². The van der Waals surface area contributed by atoms with Gasteiger partial charge in [-0.05, 0) is 48.6 Å². The lowest BCUT2D eigenvalue weighted by molar-refractivity contribution is -0.121. The second-order valence-electron chi connectivity index (χ2n) is 7.95. The number of carbonyl (C=O) groups is 1. The van der Waals surface area contributed by atoms with Crippen LogP contribution in [-0.4, -0.2) is 10.5 Å².